The minimum Gasteiger partial charge on any atom is -0.493 e. The van der Waals surface area contributed by atoms with Crippen LogP contribution < -0.4 is 14.8 Å². The van der Waals surface area contributed by atoms with Gasteiger partial charge in [-0.2, -0.15) is 0 Å². The molecule has 1 amide bonds. The van der Waals surface area contributed by atoms with Gasteiger partial charge < -0.3 is 14.8 Å². The highest BCUT2D eigenvalue weighted by atomic mass is 32.2. The lowest BCUT2D eigenvalue weighted by Gasteiger charge is -2.17. The van der Waals surface area contributed by atoms with Crippen LogP contribution in [0.1, 0.15) is 40.0 Å². The zero-order valence-corrected chi connectivity index (χ0v) is 16.5. The van der Waals surface area contributed by atoms with Gasteiger partial charge in [0, 0.05) is 19.0 Å². The van der Waals surface area contributed by atoms with Gasteiger partial charge in [-0.15, -0.1) is 0 Å². The van der Waals surface area contributed by atoms with Crippen LogP contribution in [0.15, 0.2) is 23.1 Å². The lowest BCUT2D eigenvalue weighted by molar-refractivity contribution is -0.120. The van der Waals surface area contributed by atoms with Crippen LogP contribution in [0.5, 0.6) is 11.5 Å². The molecule has 0 aliphatic heterocycles. The summed E-state index contributed by atoms with van der Waals surface area (Å²) in [4.78, 5) is 12.0. The minimum atomic E-state index is -3.56. The fourth-order valence-electron chi connectivity index (χ4n) is 2.29. The van der Waals surface area contributed by atoms with E-state index in [1.165, 1.54) is 32.4 Å². The molecule has 142 valence electrons. The van der Waals surface area contributed by atoms with Crippen molar-refractivity contribution < 1.29 is 22.7 Å². The second kappa shape index (κ2) is 9.08. The lowest BCUT2D eigenvalue weighted by Crippen LogP contribution is -2.27. The molecule has 0 spiro atoms. The average molecular weight is 371 g/mol. The Kier molecular flexibility index (Phi) is 7.73. The van der Waals surface area contributed by atoms with Crippen molar-refractivity contribution in [3.05, 3.63) is 18.2 Å². The van der Waals surface area contributed by atoms with Crippen molar-refractivity contribution >= 4 is 15.7 Å². The third-order valence-electron chi connectivity index (χ3n) is 3.74. The number of methoxy groups -OCH3 is 2. The van der Waals surface area contributed by atoms with Crippen LogP contribution >= 0.6 is 0 Å². The Labute approximate surface area is 150 Å². The van der Waals surface area contributed by atoms with Crippen molar-refractivity contribution in [2.75, 3.05) is 26.5 Å². The molecule has 1 aromatic carbocycles. The SMILES string of the molecule is COc1ccc(S(=O)(=O)CCC(=O)NCCCC(C)(C)C)cc1OC. The molecule has 0 fully saturated rings. The van der Waals surface area contributed by atoms with Crippen molar-refractivity contribution in [1.82, 2.24) is 5.32 Å². The number of carbonyl (C=O) groups is 1. The van der Waals surface area contributed by atoms with Gasteiger partial charge >= 0.3 is 0 Å². The maximum Gasteiger partial charge on any atom is 0.221 e. The van der Waals surface area contributed by atoms with Crippen LogP contribution in [-0.2, 0) is 14.6 Å². The summed E-state index contributed by atoms with van der Waals surface area (Å²) < 4.78 is 35.0. The van der Waals surface area contributed by atoms with E-state index in [0.29, 0.717) is 18.0 Å². The van der Waals surface area contributed by atoms with E-state index in [0.717, 1.165) is 12.8 Å². The molecule has 0 aliphatic rings. The van der Waals surface area contributed by atoms with Crippen LogP contribution in [0.3, 0.4) is 0 Å². The Morgan fingerprint density at radius 1 is 1.12 bits per heavy atom. The topological polar surface area (TPSA) is 81.7 Å². The van der Waals surface area contributed by atoms with E-state index in [1.54, 1.807) is 0 Å². The first-order valence-electron chi connectivity index (χ1n) is 8.30. The van der Waals surface area contributed by atoms with Gasteiger partial charge in [0.2, 0.25) is 5.91 Å². The van der Waals surface area contributed by atoms with Gasteiger partial charge in [-0.25, -0.2) is 8.42 Å². The molecule has 0 saturated heterocycles. The standard InChI is InChI=1S/C18H29NO5S/c1-18(2,3)10-6-11-19-17(20)9-12-25(21,22)14-7-8-15(23-4)16(13-14)24-5/h7-8,13H,6,9-12H2,1-5H3,(H,19,20). The Balaban J connectivity index is 2.57. The molecule has 1 rings (SSSR count). The van der Waals surface area contributed by atoms with Crippen molar-refractivity contribution in [2.45, 2.75) is 44.9 Å². The number of hydrogen-bond acceptors (Lipinski definition) is 5. The van der Waals surface area contributed by atoms with Crippen molar-refractivity contribution in [3.8, 4) is 11.5 Å². The molecule has 6 nitrogen and oxygen atoms in total. The van der Waals surface area contributed by atoms with Crippen LogP contribution in [0.2, 0.25) is 0 Å². The fourth-order valence-corrected chi connectivity index (χ4v) is 3.54. The van der Waals surface area contributed by atoms with Gasteiger partial charge in [0.05, 0.1) is 24.9 Å². The predicted molar refractivity (Wildman–Crippen MR) is 97.9 cm³/mol. The van der Waals surface area contributed by atoms with E-state index in [1.807, 2.05) is 0 Å². The summed E-state index contributed by atoms with van der Waals surface area (Å²) in [7, 11) is -0.637. The highest BCUT2D eigenvalue weighted by Crippen LogP contribution is 2.29. The first-order chi connectivity index (χ1) is 11.6. The van der Waals surface area contributed by atoms with Gasteiger partial charge in [0.25, 0.3) is 0 Å². The first-order valence-corrected chi connectivity index (χ1v) is 9.96. The number of nitrogens with one attached hydrogen (secondary N) is 1. The van der Waals surface area contributed by atoms with Gasteiger partial charge in [-0.1, -0.05) is 20.8 Å². The fraction of sp³-hybridized carbons (Fsp3) is 0.611. The normalized spacial score (nSPS) is 11.9. The summed E-state index contributed by atoms with van der Waals surface area (Å²) in [6.45, 7) is 6.99. The van der Waals surface area contributed by atoms with Crippen molar-refractivity contribution in [2.24, 2.45) is 5.41 Å². The number of sulfone groups is 1. The summed E-state index contributed by atoms with van der Waals surface area (Å²) in [5.41, 5.74) is 0.224. The largest absolute Gasteiger partial charge is 0.493 e. The van der Waals surface area contributed by atoms with Crippen LogP contribution in [-0.4, -0.2) is 40.8 Å². The lowest BCUT2D eigenvalue weighted by atomic mass is 9.91. The Morgan fingerprint density at radius 2 is 1.76 bits per heavy atom. The highest BCUT2D eigenvalue weighted by Gasteiger charge is 2.19. The van der Waals surface area contributed by atoms with Gasteiger partial charge in [0.15, 0.2) is 21.3 Å². The molecule has 25 heavy (non-hydrogen) atoms. The highest BCUT2D eigenvalue weighted by molar-refractivity contribution is 7.91. The first kappa shape index (κ1) is 21.3. The molecule has 7 heteroatoms. The van der Waals surface area contributed by atoms with E-state index < -0.39 is 9.84 Å². The van der Waals surface area contributed by atoms with Crippen LogP contribution in [0.25, 0.3) is 0 Å². The Morgan fingerprint density at radius 3 is 2.32 bits per heavy atom. The summed E-state index contributed by atoms with van der Waals surface area (Å²) in [6.07, 6.45) is 1.81. The molecule has 0 aliphatic carbocycles. The molecule has 0 bridgehead atoms. The molecule has 0 radical (unpaired) electrons. The molecular formula is C18H29NO5S. The third-order valence-corrected chi connectivity index (χ3v) is 5.45. The van der Waals surface area contributed by atoms with Gasteiger partial charge in [0.1, 0.15) is 0 Å². The van der Waals surface area contributed by atoms with Gasteiger partial charge in [-0.05, 0) is 30.4 Å². The van der Waals surface area contributed by atoms with E-state index in [-0.39, 0.29) is 28.4 Å². The number of carbonyl (C=O) groups excluding carboxylic acids is 1. The minimum absolute atomic E-state index is 0.0633. The predicted octanol–water partition coefficient (Wildman–Crippen LogP) is 2.81. The van der Waals surface area contributed by atoms with E-state index in [9.17, 15) is 13.2 Å². The van der Waals surface area contributed by atoms with Crippen molar-refractivity contribution in [3.63, 3.8) is 0 Å². The zero-order valence-electron chi connectivity index (χ0n) is 15.7. The number of rotatable bonds is 9. The smallest absolute Gasteiger partial charge is 0.221 e. The molecule has 0 aromatic heterocycles. The average Bonchev–Trinajstić information content (AvgIpc) is 2.55. The Hall–Kier alpha value is -1.76. The molecule has 0 unspecified atom stereocenters. The van der Waals surface area contributed by atoms with E-state index in [2.05, 4.69) is 26.1 Å². The summed E-state index contributed by atoms with van der Waals surface area (Å²) >= 11 is 0. The molecule has 0 heterocycles. The quantitative estimate of drug-likeness (QED) is 0.675. The second-order valence-corrected chi connectivity index (χ2v) is 9.21. The maximum absolute atomic E-state index is 12.4. The van der Waals surface area contributed by atoms with Crippen molar-refractivity contribution in [1.29, 1.82) is 0 Å². The zero-order chi connectivity index (χ0) is 19.1. The monoisotopic (exact) mass is 371 g/mol. The summed E-state index contributed by atoms with van der Waals surface area (Å²) in [5, 5.41) is 2.77. The molecular weight excluding hydrogens is 342 g/mol. The molecule has 0 atom stereocenters. The van der Waals surface area contributed by atoms with Crippen LogP contribution in [0.4, 0.5) is 0 Å². The molecule has 1 aromatic rings. The number of ether oxygens (including phenoxy) is 2. The maximum atomic E-state index is 12.4. The number of hydrogen-bond donors (Lipinski definition) is 1. The van der Waals surface area contributed by atoms with Crippen LogP contribution in [0, 0.1) is 5.41 Å². The second-order valence-electron chi connectivity index (χ2n) is 7.10. The van der Waals surface area contributed by atoms with Gasteiger partial charge in [-0.3, -0.25) is 4.79 Å². The number of amides is 1. The molecule has 0 saturated carbocycles. The summed E-state index contributed by atoms with van der Waals surface area (Å²) in [6, 6.07) is 4.41. The van der Waals surface area contributed by atoms with E-state index >= 15 is 0 Å². The number of benzene rings is 1. The Bertz CT molecular complexity index is 677. The third kappa shape index (κ3) is 7.34. The molecule has 1 N–H and O–H groups in total. The van der Waals surface area contributed by atoms with E-state index in [4.69, 9.17) is 9.47 Å². The summed E-state index contributed by atoms with van der Waals surface area (Å²) in [5.74, 6) is 0.305.